The number of nitrogens with one attached hydrogen (secondary N) is 1. The average molecular weight is 345 g/mol. The lowest BCUT2D eigenvalue weighted by atomic mass is 9.76. The Hall–Kier alpha value is -1.34. The van der Waals surface area contributed by atoms with Gasteiger partial charge in [0.05, 0.1) is 24.2 Å². The van der Waals surface area contributed by atoms with E-state index in [4.69, 9.17) is 4.74 Å². The van der Waals surface area contributed by atoms with Gasteiger partial charge in [0.25, 0.3) is 0 Å². The molecule has 4 N–H and O–H groups in total. The number of rotatable bonds is 4. The molecule has 140 valence electrons. The summed E-state index contributed by atoms with van der Waals surface area (Å²) in [5.41, 5.74) is -1.20. The van der Waals surface area contributed by atoms with E-state index in [1.807, 2.05) is 20.8 Å². The minimum atomic E-state index is -1.10. The summed E-state index contributed by atoms with van der Waals surface area (Å²) in [5, 5.41) is 32.6. The molecule has 1 fully saturated rings. The first-order valence-electron chi connectivity index (χ1n) is 8.31. The zero-order valence-corrected chi connectivity index (χ0v) is 15.4. The summed E-state index contributed by atoms with van der Waals surface area (Å²) in [7, 11) is 0. The van der Waals surface area contributed by atoms with Crippen molar-refractivity contribution in [2.45, 2.75) is 78.2 Å². The highest BCUT2D eigenvalue weighted by Gasteiger charge is 2.47. The van der Waals surface area contributed by atoms with Crippen LogP contribution in [0.3, 0.4) is 0 Å². The van der Waals surface area contributed by atoms with Crippen molar-refractivity contribution in [3.8, 4) is 0 Å². The summed E-state index contributed by atoms with van der Waals surface area (Å²) >= 11 is 0. The van der Waals surface area contributed by atoms with Crippen LogP contribution in [0.4, 0.5) is 4.79 Å². The number of ether oxygens (including phenoxy) is 1. The number of alkyl carbamates (subject to hydrolysis) is 1. The molecule has 5 atom stereocenters. The first kappa shape index (κ1) is 20.7. The molecule has 1 aliphatic carbocycles. The largest absolute Gasteiger partial charge is 0.481 e. The number of carboxylic acids is 1. The second-order valence-electron chi connectivity index (χ2n) is 8.71. The summed E-state index contributed by atoms with van der Waals surface area (Å²) in [6, 6.07) is -0.704. The third-order valence-corrected chi connectivity index (χ3v) is 4.29. The Morgan fingerprint density at radius 2 is 1.67 bits per heavy atom. The van der Waals surface area contributed by atoms with E-state index in [9.17, 15) is 24.9 Å². The van der Waals surface area contributed by atoms with Crippen LogP contribution in [0, 0.1) is 17.3 Å². The Bertz CT molecular complexity index is 465. The second-order valence-corrected chi connectivity index (χ2v) is 8.71. The Balaban J connectivity index is 2.95. The number of aliphatic carboxylic acids is 1. The molecule has 7 heteroatoms. The van der Waals surface area contributed by atoms with Gasteiger partial charge in [-0.15, -0.1) is 0 Å². The lowest BCUT2D eigenvalue weighted by Gasteiger charge is -2.38. The quantitative estimate of drug-likeness (QED) is 0.617. The molecule has 0 aliphatic heterocycles. The van der Waals surface area contributed by atoms with Gasteiger partial charge in [-0.05, 0) is 39.0 Å². The number of hydrogen-bond acceptors (Lipinski definition) is 5. The molecule has 0 radical (unpaired) electrons. The zero-order valence-electron chi connectivity index (χ0n) is 15.4. The maximum Gasteiger partial charge on any atom is 0.407 e. The molecule has 0 saturated heterocycles. The number of carbonyl (C=O) groups is 2. The van der Waals surface area contributed by atoms with E-state index < -0.39 is 53.2 Å². The molecule has 0 spiro atoms. The average Bonchev–Trinajstić information content (AvgIpc) is 2.74. The van der Waals surface area contributed by atoms with E-state index in [1.165, 1.54) is 0 Å². The molecule has 24 heavy (non-hydrogen) atoms. The zero-order chi connectivity index (χ0) is 18.9. The first-order valence-corrected chi connectivity index (χ1v) is 8.31. The predicted molar refractivity (Wildman–Crippen MR) is 88.5 cm³/mol. The standard InChI is InChI=1S/C17H31NO6/c1-16(2,3)13(18-15(23)24-17(4,5)6)12(20)10-7-9(19)8-11(10)14(21)22/h9-13,19-20H,7-8H2,1-6H3,(H,18,23)(H,21,22)/t9-,10?,11+,12?,13+/m0/s1. The third kappa shape index (κ3) is 5.63. The minimum Gasteiger partial charge on any atom is -0.481 e. The molecule has 0 bridgehead atoms. The lowest BCUT2D eigenvalue weighted by Crippen LogP contribution is -2.55. The molecule has 0 heterocycles. The van der Waals surface area contributed by atoms with Gasteiger partial charge in [0.15, 0.2) is 0 Å². The van der Waals surface area contributed by atoms with Crippen molar-refractivity contribution in [1.29, 1.82) is 0 Å². The Labute approximate surface area is 143 Å². The molecular formula is C17H31NO6. The highest BCUT2D eigenvalue weighted by molar-refractivity contribution is 5.71. The predicted octanol–water partition coefficient (Wildman–Crippen LogP) is 1.76. The Morgan fingerprint density at radius 3 is 2.08 bits per heavy atom. The highest BCUT2D eigenvalue weighted by atomic mass is 16.6. The maximum absolute atomic E-state index is 12.1. The third-order valence-electron chi connectivity index (χ3n) is 4.29. The summed E-state index contributed by atoms with van der Waals surface area (Å²) in [6.07, 6.45) is -2.21. The van der Waals surface area contributed by atoms with Gasteiger partial charge in [-0.3, -0.25) is 4.79 Å². The molecule has 0 aromatic heterocycles. The minimum absolute atomic E-state index is 0.111. The van der Waals surface area contributed by atoms with Gasteiger partial charge in [-0.2, -0.15) is 0 Å². The second kappa shape index (κ2) is 7.27. The number of carboxylic acid groups (broad SMARTS) is 1. The van der Waals surface area contributed by atoms with Gasteiger partial charge < -0.3 is 25.4 Å². The topological polar surface area (TPSA) is 116 Å². The van der Waals surface area contributed by atoms with Crippen LogP contribution in [-0.2, 0) is 9.53 Å². The maximum atomic E-state index is 12.1. The Kier molecular flexibility index (Phi) is 6.27. The van der Waals surface area contributed by atoms with Gasteiger partial charge in [0.1, 0.15) is 5.60 Å². The summed E-state index contributed by atoms with van der Waals surface area (Å²) in [5.74, 6) is -2.50. The molecule has 2 unspecified atom stereocenters. The van der Waals surface area contributed by atoms with Crippen molar-refractivity contribution >= 4 is 12.1 Å². The van der Waals surface area contributed by atoms with Crippen LogP contribution in [0.1, 0.15) is 54.4 Å². The fourth-order valence-corrected chi connectivity index (χ4v) is 3.20. The summed E-state index contributed by atoms with van der Waals surface area (Å²) in [4.78, 5) is 23.5. The van der Waals surface area contributed by atoms with E-state index in [0.29, 0.717) is 0 Å². The fourth-order valence-electron chi connectivity index (χ4n) is 3.20. The molecule has 1 aliphatic rings. The van der Waals surface area contributed by atoms with Crippen LogP contribution >= 0.6 is 0 Å². The van der Waals surface area contributed by atoms with Crippen molar-refractivity contribution in [3.63, 3.8) is 0 Å². The van der Waals surface area contributed by atoms with Gasteiger partial charge in [0, 0.05) is 5.92 Å². The SMILES string of the molecule is CC(C)(C)OC(=O)N[C@H](C(O)C1C[C@H](O)C[C@H]1C(=O)O)C(C)(C)C. The number of aliphatic hydroxyl groups is 2. The van der Waals surface area contributed by atoms with Crippen LogP contribution in [0.2, 0.25) is 0 Å². The van der Waals surface area contributed by atoms with E-state index in [1.54, 1.807) is 20.8 Å². The normalized spacial score (nSPS) is 27.4. The van der Waals surface area contributed by atoms with Crippen LogP contribution in [-0.4, -0.2) is 51.2 Å². The van der Waals surface area contributed by atoms with Gasteiger partial charge in [-0.1, -0.05) is 20.8 Å². The summed E-state index contributed by atoms with van der Waals surface area (Å²) < 4.78 is 5.24. The van der Waals surface area contributed by atoms with Gasteiger partial charge in [0.2, 0.25) is 0 Å². The first-order chi connectivity index (χ1) is 10.7. The van der Waals surface area contributed by atoms with Gasteiger partial charge >= 0.3 is 12.1 Å². The fraction of sp³-hybridized carbons (Fsp3) is 0.882. The number of aliphatic hydroxyl groups excluding tert-OH is 2. The Morgan fingerprint density at radius 1 is 1.12 bits per heavy atom. The molecule has 1 rings (SSSR count). The summed E-state index contributed by atoms with van der Waals surface area (Å²) in [6.45, 7) is 10.8. The van der Waals surface area contributed by atoms with Crippen LogP contribution < -0.4 is 5.32 Å². The number of carbonyl (C=O) groups excluding carboxylic acids is 1. The lowest BCUT2D eigenvalue weighted by molar-refractivity contribution is -0.145. The van der Waals surface area contributed by atoms with Crippen molar-refractivity contribution in [2.75, 3.05) is 0 Å². The smallest absolute Gasteiger partial charge is 0.407 e. The van der Waals surface area contributed by atoms with Gasteiger partial charge in [-0.25, -0.2) is 4.79 Å². The van der Waals surface area contributed by atoms with Crippen molar-refractivity contribution < 1.29 is 29.6 Å². The molecule has 1 amide bonds. The molecule has 1 saturated carbocycles. The van der Waals surface area contributed by atoms with Crippen molar-refractivity contribution in [2.24, 2.45) is 17.3 Å². The molecule has 0 aromatic carbocycles. The highest BCUT2D eigenvalue weighted by Crippen LogP contribution is 2.38. The van der Waals surface area contributed by atoms with Crippen molar-refractivity contribution in [3.05, 3.63) is 0 Å². The molecule has 0 aromatic rings. The van der Waals surface area contributed by atoms with E-state index in [2.05, 4.69) is 5.32 Å². The van der Waals surface area contributed by atoms with Crippen molar-refractivity contribution in [1.82, 2.24) is 5.32 Å². The van der Waals surface area contributed by atoms with E-state index in [-0.39, 0.29) is 12.8 Å². The number of hydrogen-bond donors (Lipinski definition) is 4. The van der Waals surface area contributed by atoms with Crippen LogP contribution in [0.25, 0.3) is 0 Å². The molecule has 7 nitrogen and oxygen atoms in total. The van der Waals surface area contributed by atoms with Crippen LogP contribution in [0.15, 0.2) is 0 Å². The van der Waals surface area contributed by atoms with E-state index >= 15 is 0 Å². The van der Waals surface area contributed by atoms with Crippen LogP contribution in [0.5, 0.6) is 0 Å². The number of amides is 1. The van der Waals surface area contributed by atoms with E-state index in [0.717, 1.165) is 0 Å². The monoisotopic (exact) mass is 345 g/mol. The molecular weight excluding hydrogens is 314 g/mol.